The maximum Gasteiger partial charge on any atom is 0.0391 e. The van der Waals surface area contributed by atoms with Gasteiger partial charge >= 0.3 is 0 Å². The largest absolute Gasteiger partial charge is 0.319 e. The molecule has 0 heterocycles. The Labute approximate surface area is 124 Å². The summed E-state index contributed by atoms with van der Waals surface area (Å²) in [7, 11) is 0. The molecule has 1 aliphatic carbocycles. The fraction of sp³-hybridized carbons (Fsp3) is 0.158. The molecule has 1 heteroatoms. The van der Waals surface area contributed by atoms with Crippen LogP contribution in [0.4, 0.5) is 0 Å². The molecule has 0 aliphatic heterocycles. The van der Waals surface area contributed by atoms with Crippen LogP contribution in [-0.4, -0.2) is 13.5 Å². The predicted octanol–water partition coefficient (Wildman–Crippen LogP) is 4.21. The second-order valence-corrected chi connectivity index (χ2v) is 4.84. The molecule has 0 bridgehead atoms. The highest BCUT2D eigenvalue weighted by molar-refractivity contribution is 5.93. The van der Waals surface area contributed by atoms with Crippen LogP contribution >= 0.6 is 0 Å². The molecule has 100 valence electrons. The van der Waals surface area contributed by atoms with Gasteiger partial charge in [0.1, 0.15) is 0 Å². The molecule has 3 rings (SSSR count). The maximum absolute atomic E-state index is 7.22. The zero-order chi connectivity index (χ0) is 16.3. The lowest BCUT2D eigenvalue weighted by Gasteiger charge is -2.12. The zero-order valence-corrected chi connectivity index (χ0v) is 11.3. The smallest absolute Gasteiger partial charge is 0.0391 e. The summed E-state index contributed by atoms with van der Waals surface area (Å²) in [6, 6.07) is 16.6. The summed E-state index contributed by atoms with van der Waals surface area (Å²) in [5.41, 5.74) is 5.89. The Morgan fingerprint density at radius 3 is 2.15 bits per heavy atom. The van der Waals surface area contributed by atoms with Crippen LogP contribution in [0.25, 0.3) is 17.7 Å². The molecular formula is C19H19N. The lowest BCUT2D eigenvalue weighted by Crippen LogP contribution is -2.06. The summed E-state index contributed by atoms with van der Waals surface area (Å²) in [6.07, 6.45) is 7.06. The first-order valence-corrected chi connectivity index (χ1v) is 6.87. The summed E-state index contributed by atoms with van der Waals surface area (Å²) in [5.74, 6) is 0. The Morgan fingerprint density at radius 2 is 1.55 bits per heavy atom. The SMILES string of the molecule is [2H][13C]([2H])([2H])NCCC=C1c2ccccc2C=Cc2ccccc21. The molecular weight excluding hydrogens is 243 g/mol. The van der Waals surface area contributed by atoms with Gasteiger partial charge in [0.15, 0.2) is 0 Å². The average Bonchev–Trinajstić information content (AvgIpc) is 2.68. The quantitative estimate of drug-likeness (QED) is 0.552. The van der Waals surface area contributed by atoms with Crippen molar-refractivity contribution in [3.05, 3.63) is 76.9 Å². The first-order valence-electron chi connectivity index (χ1n) is 8.37. The molecule has 0 fully saturated rings. The Kier molecular flexibility index (Phi) is 2.87. The maximum atomic E-state index is 7.22. The van der Waals surface area contributed by atoms with Crippen LogP contribution in [0.15, 0.2) is 54.6 Å². The van der Waals surface area contributed by atoms with E-state index in [0.29, 0.717) is 13.0 Å². The van der Waals surface area contributed by atoms with E-state index in [0.717, 1.165) is 5.57 Å². The summed E-state index contributed by atoms with van der Waals surface area (Å²) < 4.78 is 21.6. The number of rotatable bonds is 3. The number of nitrogens with one attached hydrogen (secondary N) is 1. The van der Waals surface area contributed by atoms with E-state index in [9.17, 15) is 0 Å². The van der Waals surface area contributed by atoms with Crippen LogP contribution in [0.2, 0.25) is 0 Å². The van der Waals surface area contributed by atoms with Gasteiger partial charge in [0, 0.05) is 4.11 Å². The Morgan fingerprint density at radius 1 is 0.950 bits per heavy atom. The number of hydrogen-bond donors (Lipinski definition) is 1. The number of benzene rings is 2. The molecule has 0 amide bonds. The minimum atomic E-state index is -2.08. The molecule has 1 nitrogen and oxygen atoms in total. The summed E-state index contributed by atoms with van der Waals surface area (Å²) in [4.78, 5) is 0. The van der Waals surface area contributed by atoms with Gasteiger partial charge in [0.25, 0.3) is 0 Å². The predicted molar refractivity (Wildman–Crippen MR) is 87.4 cm³/mol. The van der Waals surface area contributed by atoms with Gasteiger partial charge in [-0.05, 0) is 47.8 Å². The van der Waals surface area contributed by atoms with Crippen molar-refractivity contribution in [1.82, 2.24) is 5.32 Å². The van der Waals surface area contributed by atoms with Crippen LogP contribution in [0.1, 0.15) is 32.8 Å². The Hall–Kier alpha value is -2.12. The van der Waals surface area contributed by atoms with Gasteiger partial charge in [0.05, 0.1) is 0 Å². The lowest BCUT2D eigenvalue weighted by atomic mass is 9.93. The standard InChI is InChI=1S/C19H19N/c1-20-14-6-11-19-17-9-4-2-7-15(17)12-13-16-8-3-5-10-18(16)19/h2-5,7-13,20H,6,14H2,1H3/i1+1D3. The van der Waals surface area contributed by atoms with E-state index in [4.69, 9.17) is 4.11 Å². The van der Waals surface area contributed by atoms with Crippen molar-refractivity contribution in [2.24, 2.45) is 0 Å². The molecule has 20 heavy (non-hydrogen) atoms. The van der Waals surface area contributed by atoms with Gasteiger partial charge < -0.3 is 5.32 Å². The van der Waals surface area contributed by atoms with Gasteiger partial charge in [-0.15, -0.1) is 0 Å². The summed E-state index contributed by atoms with van der Waals surface area (Å²) in [5, 5.41) is 2.56. The third kappa shape index (κ3) is 2.45. The lowest BCUT2D eigenvalue weighted by molar-refractivity contribution is 0.808. The third-order valence-corrected chi connectivity index (χ3v) is 3.56. The molecule has 0 saturated carbocycles. The Bertz CT molecular complexity index is 706. The van der Waals surface area contributed by atoms with Gasteiger partial charge in [-0.1, -0.05) is 66.8 Å². The molecule has 2 aromatic rings. The number of hydrogen-bond acceptors (Lipinski definition) is 1. The fourth-order valence-corrected chi connectivity index (χ4v) is 2.61. The van der Waals surface area contributed by atoms with E-state index in [-0.39, 0.29) is 0 Å². The normalized spacial score (nSPS) is 15.4. The molecule has 2 aromatic carbocycles. The average molecular weight is 265 g/mol. The minimum Gasteiger partial charge on any atom is -0.319 e. The zero-order valence-electron chi connectivity index (χ0n) is 14.3. The van der Waals surface area contributed by atoms with Crippen molar-refractivity contribution < 1.29 is 4.11 Å². The van der Waals surface area contributed by atoms with Crippen LogP contribution in [0.3, 0.4) is 0 Å². The highest BCUT2D eigenvalue weighted by Gasteiger charge is 2.13. The topological polar surface area (TPSA) is 12.0 Å². The first kappa shape index (κ1) is 9.73. The van der Waals surface area contributed by atoms with Gasteiger partial charge in [0.2, 0.25) is 0 Å². The summed E-state index contributed by atoms with van der Waals surface area (Å²) >= 11 is 0. The fourth-order valence-electron chi connectivity index (χ4n) is 2.61. The van der Waals surface area contributed by atoms with E-state index in [1.807, 2.05) is 24.3 Å². The van der Waals surface area contributed by atoms with Crippen molar-refractivity contribution >= 4 is 17.7 Å². The highest BCUT2D eigenvalue weighted by atomic mass is 14.9. The van der Waals surface area contributed by atoms with Gasteiger partial charge in [-0.25, -0.2) is 0 Å². The van der Waals surface area contributed by atoms with E-state index >= 15 is 0 Å². The second kappa shape index (κ2) is 5.89. The molecule has 0 atom stereocenters. The summed E-state index contributed by atoms with van der Waals surface area (Å²) in [6.45, 7) is -1.66. The number of fused-ring (bicyclic) bond motifs is 2. The minimum absolute atomic E-state index is 0.428. The van der Waals surface area contributed by atoms with Gasteiger partial charge in [-0.2, -0.15) is 0 Å². The van der Waals surface area contributed by atoms with Crippen molar-refractivity contribution in [3.63, 3.8) is 0 Å². The van der Waals surface area contributed by atoms with E-state index in [2.05, 4.69) is 47.8 Å². The van der Waals surface area contributed by atoms with Crippen LogP contribution in [0.5, 0.6) is 0 Å². The highest BCUT2D eigenvalue weighted by Crippen LogP contribution is 2.33. The van der Waals surface area contributed by atoms with Crippen molar-refractivity contribution in [2.45, 2.75) is 6.42 Å². The van der Waals surface area contributed by atoms with Crippen molar-refractivity contribution in [1.29, 1.82) is 0 Å². The van der Waals surface area contributed by atoms with Gasteiger partial charge in [-0.3, -0.25) is 0 Å². The van der Waals surface area contributed by atoms with E-state index in [1.54, 1.807) is 0 Å². The third-order valence-electron chi connectivity index (χ3n) is 3.56. The Balaban J connectivity index is 1.96. The molecule has 0 saturated heterocycles. The molecule has 0 unspecified atom stereocenters. The van der Waals surface area contributed by atoms with Crippen LogP contribution in [-0.2, 0) is 0 Å². The molecule has 0 spiro atoms. The molecule has 1 aliphatic rings. The van der Waals surface area contributed by atoms with Crippen molar-refractivity contribution in [3.8, 4) is 0 Å². The monoisotopic (exact) mass is 265 g/mol. The van der Waals surface area contributed by atoms with Crippen LogP contribution < -0.4 is 5.32 Å². The van der Waals surface area contributed by atoms with Crippen molar-refractivity contribution in [2.75, 3.05) is 13.5 Å². The van der Waals surface area contributed by atoms with Crippen LogP contribution in [0, 0.1) is 0 Å². The first-order chi connectivity index (χ1) is 11.0. The molecule has 0 radical (unpaired) electrons. The van der Waals surface area contributed by atoms with E-state index < -0.39 is 6.98 Å². The second-order valence-electron chi connectivity index (χ2n) is 4.84. The van der Waals surface area contributed by atoms with E-state index in [1.165, 1.54) is 22.3 Å². The molecule has 0 aromatic heterocycles. The molecule has 1 N–H and O–H groups in total.